The Morgan fingerprint density at radius 3 is 2.23 bits per heavy atom. The molecule has 0 aliphatic carbocycles. The number of nitrogens with zero attached hydrogens (tertiary/aromatic N) is 2. The second-order valence-corrected chi connectivity index (χ2v) is 2.72. The van der Waals surface area contributed by atoms with Crippen LogP contribution in [-0.4, -0.2) is 16.6 Å². The smallest absolute Gasteiger partial charge is 0.0976 e. The molecule has 0 aromatic heterocycles. The highest BCUT2D eigenvalue weighted by molar-refractivity contribution is 6.40. The van der Waals surface area contributed by atoms with Crippen molar-refractivity contribution in [1.82, 2.24) is 0 Å². The molecule has 0 fully saturated rings. The van der Waals surface area contributed by atoms with Crippen molar-refractivity contribution in [3.05, 3.63) is 30.3 Å². The van der Waals surface area contributed by atoms with E-state index in [1.807, 2.05) is 37.3 Å². The molecule has 0 aliphatic rings. The Balaban J connectivity index is 2.89. The Morgan fingerprint density at radius 2 is 1.69 bits per heavy atom. The third kappa shape index (κ3) is 2.71. The highest BCUT2D eigenvalue weighted by Gasteiger charge is 1.96. The number of oxime groups is 1. The molecule has 0 unspecified atom stereocenters. The monoisotopic (exact) mass is 176 g/mol. The van der Waals surface area contributed by atoms with E-state index in [-0.39, 0.29) is 0 Å². The zero-order valence-electron chi connectivity index (χ0n) is 7.73. The molecule has 0 aliphatic heterocycles. The van der Waals surface area contributed by atoms with Crippen LogP contribution in [0, 0.1) is 0 Å². The van der Waals surface area contributed by atoms with Crippen molar-refractivity contribution in [2.75, 3.05) is 0 Å². The maximum absolute atomic E-state index is 8.49. The van der Waals surface area contributed by atoms with Crippen LogP contribution in [0.2, 0.25) is 0 Å². The lowest BCUT2D eigenvalue weighted by atomic mass is 10.2. The quantitative estimate of drug-likeness (QED) is 0.420. The first-order valence-electron chi connectivity index (χ1n) is 4.03. The Labute approximate surface area is 77.4 Å². The second kappa shape index (κ2) is 4.40. The molecule has 0 bridgehead atoms. The topological polar surface area (TPSA) is 45.0 Å². The molecule has 1 rings (SSSR count). The predicted molar refractivity (Wildman–Crippen MR) is 54.1 cm³/mol. The van der Waals surface area contributed by atoms with Gasteiger partial charge in [-0.15, -0.1) is 0 Å². The molecule has 0 atom stereocenters. The van der Waals surface area contributed by atoms with Crippen molar-refractivity contribution >= 4 is 17.1 Å². The summed E-state index contributed by atoms with van der Waals surface area (Å²) in [6.07, 6.45) is 0. The van der Waals surface area contributed by atoms with Crippen molar-refractivity contribution in [3.8, 4) is 0 Å². The van der Waals surface area contributed by atoms with Gasteiger partial charge in [-0.3, -0.25) is 4.99 Å². The van der Waals surface area contributed by atoms with Gasteiger partial charge in [-0.1, -0.05) is 23.4 Å². The van der Waals surface area contributed by atoms with Gasteiger partial charge >= 0.3 is 0 Å². The molecule has 68 valence electrons. The highest BCUT2D eigenvalue weighted by atomic mass is 16.4. The average molecular weight is 176 g/mol. The number of hydrogen-bond acceptors (Lipinski definition) is 3. The van der Waals surface area contributed by atoms with Crippen molar-refractivity contribution in [2.24, 2.45) is 10.1 Å². The summed E-state index contributed by atoms with van der Waals surface area (Å²) in [6.45, 7) is 3.52. The summed E-state index contributed by atoms with van der Waals surface area (Å²) >= 11 is 0. The minimum Gasteiger partial charge on any atom is -0.411 e. The van der Waals surface area contributed by atoms with Gasteiger partial charge in [0.05, 0.1) is 17.1 Å². The Hall–Kier alpha value is -1.64. The number of para-hydroxylation sites is 1. The van der Waals surface area contributed by atoms with Gasteiger partial charge in [-0.2, -0.15) is 0 Å². The van der Waals surface area contributed by atoms with Crippen LogP contribution in [0.5, 0.6) is 0 Å². The number of hydrogen-bond donors (Lipinski definition) is 1. The van der Waals surface area contributed by atoms with Crippen LogP contribution in [0.15, 0.2) is 40.5 Å². The zero-order valence-corrected chi connectivity index (χ0v) is 7.73. The molecule has 1 aromatic rings. The molecule has 1 aromatic carbocycles. The first-order valence-corrected chi connectivity index (χ1v) is 4.03. The SMILES string of the molecule is CC(=N\O)/C(C)=N/c1ccccc1. The molecule has 3 heteroatoms. The molecule has 0 radical (unpaired) electrons. The second-order valence-electron chi connectivity index (χ2n) is 2.72. The van der Waals surface area contributed by atoms with E-state index in [1.165, 1.54) is 0 Å². The van der Waals surface area contributed by atoms with Crippen LogP contribution in [0.25, 0.3) is 0 Å². The molecule has 0 heterocycles. The van der Waals surface area contributed by atoms with E-state index in [2.05, 4.69) is 10.1 Å². The first-order chi connectivity index (χ1) is 6.24. The molecule has 0 amide bonds. The average Bonchev–Trinajstić information content (AvgIpc) is 2.18. The van der Waals surface area contributed by atoms with Gasteiger partial charge in [0.25, 0.3) is 0 Å². The van der Waals surface area contributed by atoms with Gasteiger partial charge in [0.2, 0.25) is 0 Å². The van der Waals surface area contributed by atoms with Gasteiger partial charge in [-0.05, 0) is 26.0 Å². The summed E-state index contributed by atoms with van der Waals surface area (Å²) < 4.78 is 0. The minimum atomic E-state index is 0.531. The van der Waals surface area contributed by atoms with Crippen LogP contribution in [-0.2, 0) is 0 Å². The Bertz CT molecular complexity index is 328. The third-order valence-electron chi connectivity index (χ3n) is 1.73. The van der Waals surface area contributed by atoms with Crippen molar-refractivity contribution in [1.29, 1.82) is 0 Å². The van der Waals surface area contributed by atoms with E-state index in [4.69, 9.17) is 5.21 Å². The van der Waals surface area contributed by atoms with E-state index in [9.17, 15) is 0 Å². The largest absolute Gasteiger partial charge is 0.411 e. The summed E-state index contributed by atoms with van der Waals surface area (Å²) in [7, 11) is 0. The number of benzene rings is 1. The normalized spacial score (nSPS) is 13.1. The van der Waals surface area contributed by atoms with Crippen LogP contribution in [0.3, 0.4) is 0 Å². The summed E-state index contributed by atoms with van der Waals surface area (Å²) in [4.78, 5) is 4.26. The lowest BCUT2D eigenvalue weighted by molar-refractivity contribution is 0.320. The molecule has 0 saturated carbocycles. The van der Waals surface area contributed by atoms with Crippen LogP contribution in [0.4, 0.5) is 5.69 Å². The molecular formula is C10H12N2O. The lowest BCUT2D eigenvalue weighted by Gasteiger charge is -1.97. The molecule has 0 spiro atoms. The maximum atomic E-state index is 8.49. The van der Waals surface area contributed by atoms with Crippen LogP contribution < -0.4 is 0 Å². The van der Waals surface area contributed by atoms with Crippen LogP contribution in [0.1, 0.15) is 13.8 Å². The molecule has 13 heavy (non-hydrogen) atoms. The van der Waals surface area contributed by atoms with Crippen molar-refractivity contribution < 1.29 is 5.21 Å². The minimum absolute atomic E-state index is 0.531. The zero-order chi connectivity index (χ0) is 9.68. The van der Waals surface area contributed by atoms with E-state index < -0.39 is 0 Å². The molecule has 3 nitrogen and oxygen atoms in total. The molecule has 1 N–H and O–H groups in total. The van der Waals surface area contributed by atoms with E-state index in [0.29, 0.717) is 11.4 Å². The fourth-order valence-electron chi connectivity index (χ4n) is 0.849. The summed E-state index contributed by atoms with van der Waals surface area (Å²) in [5, 5.41) is 11.6. The third-order valence-corrected chi connectivity index (χ3v) is 1.73. The molecular weight excluding hydrogens is 164 g/mol. The fraction of sp³-hybridized carbons (Fsp3) is 0.200. The van der Waals surface area contributed by atoms with E-state index >= 15 is 0 Å². The van der Waals surface area contributed by atoms with Gasteiger partial charge in [0.15, 0.2) is 0 Å². The fourth-order valence-corrected chi connectivity index (χ4v) is 0.849. The molecule has 0 saturated heterocycles. The Kier molecular flexibility index (Phi) is 3.20. The highest BCUT2D eigenvalue weighted by Crippen LogP contribution is 2.10. The summed E-state index contributed by atoms with van der Waals surface area (Å²) in [6, 6.07) is 9.55. The van der Waals surface area contributed by atoms with Crippen molar-refractivity contribution in [2.45, 2.75) is 13.8 Å². The standard InChI is InChI=1S/C10H12N2O/c1-8(9(2)12-13)11-10-6-4-3-5-7-10/h3-7,13H,1-2H3/b11-8+,12-9+. The van der Waals surface area contributed by atoms with E-state index in [1.54, 1.807) is 6.92 Å². The van der Waals surface area contributed by atoms with Crippen molar-refractivity contribution in [3.63, 3.8) is 0 Å². The van der Waals surface area contributed by atoms with E-state index in [0.717, 1.165) is 5.69 Å². The van der Waals surface area contributed by atoms with Gasteiger partial charge in [-0.25, -0.2) is 0 Å². The lowest BCUT2D eigenvalue weighted by Crippen LogP contribution is -2.04. The summed E-state index contributed by atoms with van der Waals surface area (Å²) in [5.74, 6) is 0. The number of aliphatic imine (C=N–C) groups is 1. The summed E-state index contributed by atoms with van der Waals surface area (Å²) in [5.41, 5.74) is 2.11. The predicted octanol–water partition coefficient (Wildman–Crippen LogP) is 2.63. The maximum Gasteiger partial charge on any atom is 0.0976 e. The van der Waals surface area contributed by atoms with Gasteiger partial charge in [0, 0.05) is 0 Å². The Morgan fingerprint density at radius 1 is 1.08 bits per heavy atom. The van der Waals surface area contributed by atoms with Gasteiger partial charge in [0.1, 0.15) is 0 Å². The first kappa shape index (κ1) is 9.45. The van der Waals surface area contributed by atoms with Crippen LogP contribution >= 0.6 is 0 Å². The van der Waals surface area contributed by atoms with Gasteiger partial charge < -0.3 is 5.21 Å². The number of rotatable bonds is 2.